The zero-order valence-corrected chi connectivity index (χ0v) is 8.80. The van der Waals surface area contributed by atoms with Gasteiger partial charge in [0.25, 0.3) is 0 Å². The summed E-state index contributed by atoms with van der Waals surface area (Å²) in [6.07, 6.45) is 6.71. The Morgan fingerprint density at radius 1 is 1.23 bits per heavy atom. The molecule has 1 rings (SSSR count). The van der Waals surface area contributed by atoms with E-state index in [0.717, 1.165) is 17.8 Å². The molecule has 0 unspecified atom stereocenters. The first kappa shape index (κ1) is 10.2. The van der Waals surface area contributed by atoms with Crippen LogP contribution >= 0.6 is 0 Å². The van der Waals surface area contributed by atoms with Gasteiger partial charge in [0, 0.05) is 6.20 Å². The van der Waals surface area contributed by atoms with Gasteiger partial charge in [0.1, 0.15) is 0 Å². The van der Waals surface area contributed by atoms with Crippen molar-refractivity contribution in [3.8, 4) is 0 Å². The summed E-state index contributed by atoms with van der Waals surface area (Å²) < 4.78 is 0. The molecule has 0 saturated carbocycles. The quantitative estimate of drug-likeness (QED) is 0.662. The summed E-state index contributed by atoms with van der Waals surface area (Å²) in [6, 6.07) is 0. The normalized spacial score (nSPS) is 10.4. The number of rotatable bonds is 4. The number of hydrogen-bond donors (Lipinski definition) is 0. The molecule has 13 heavy (non-hydrogen) atoms. The first-order chi connectivity index (χ1) is 6.24. The Morgan fingerprint density at radius 2 is 2.00 bits per heavy atom. The molecular formula is C11H18N2. The van der Waals surface area contributed by atoms with Gasteiger partial charge in [-0.2, -0.15) is 0 Å². The van der Waals surface area contributed by atoms with Crippen molar-refractivity contribution in [1.82, 2.24) is 9.97 Å². The van der Waals surface area contributed by atoms with Crippen LogP contribution in [0.5, 0.6) is 0 Å². The monoisotopic (exact) mass is 178 g/mol. The first-order valence-corrected chi connectivity index (χ1v) is 5.03. The summed E-state index contributed by atoms with van der Waals surface area (Å²) in [5.41, 5.74) is 3.27. The third-order valence-electron chi connectivity index (χ3n) is 2.19. The number of hydrogen-bond acceptors (Lipinski definition) is 2. The van der Waals surface area contributed by atoms with Crippen LogP contribution in [0.3, 0.4) is 0 Å². The summed E-state index contributed by atoms with van der Waals surface area (Å²) in [4.78, 5) is 8.78. The van der Waals surface area contributed by atoms with Crippen molar-refractivity contribution in [2.45, 2.75) is 46.5 Å². The summed E-state index contributed by atoms with van der Waals surface area (Å²) in [5.74, 6) is 0. The Labute approximate surface area is 80.4 Å². The summed E-state index contributed by atoms with van der Waals surface area (Å²) >= 11 is 0. The molecule has 0 saturated heterocycles. The van der Waals surface area contributed by atoms with Gasteiger partial charge in [-0.25, -0.2) is 0 Å². The van der Waals surface area contributed by atoms with Crippen LogP contribution in [0, 0.1) is 13.8 Å². The van der Waals surface area contributed by atoms with Gasteiger partial charge in [-0.1, -0.05) is 19.8 Å². The highest BCUT2D eigenvalue weighted by Gasteiger charge is 2.00. The van der Waals surface area contributed by atoms with Crippen molar-refractivity contribution < 1.29 is 0 Å². The Hall–Kier alpha value is -0.920. The van der Waals surface area contributed by atoms with Crippen LogP contribution in [0.25, 0.3) is 0 Å². The molecule has 0 aromatic carbocycles. The van der Waals surface area contributed by atoms with E-state index in [9.17, 15) is 0 Å². The lowest BCUT2D eigenvalue weighted by molar-refractivity contribution is 0.700. The minimum absolute atomic E-state index is 1.01. The van der Waals surface area contributed by atoms with E-state index in [1.807, 2.05) is 20.0 Å². The average molecular weight is 178 g/mol. The van der Waals surface area contributed by atoms with Crippen LogP contribution in [0.1, 0.15) is 43.3 Å². The smallest absolute Gasteiger partial charge is 0.0616 e. The van der Waals surface area contributed by atoms with E-state index in [2.05, 4.69) is 16.9 Å². The second-order valence-electron chi connectivity index (χ2n) is 3.50. The molecule has 2 heteroatoms. The molecule has 0 spiro atoms. The molecule has 0 aliphatic rings. The minimum Gasteiger partial charge on any atom is -0.258 e. The van der Waals surface area contributed by atoms with Crippen molar-refractivity contribution in [2.24, 2.45) is 0 Å². The lowest BCUT2D eigenvalue weighted by atomic mass is 10.1. The van der Waals surface area contributed by atoms with E-state index in [4.69, 9.17) is 0 Å². The molecule has 0 aliphatic carbocycles. The predicted molar refractivity (Wildman–Crippen MR) is 54.7 cm³/mol. The van der Waals surface area contributed by atoms with E-state index >= 15 is 0 Å². The van der Waals surface area contributed by atoms with E-state index in [-0.39, 0.29) is 0 Å². The Kier molecular flexibility index (Phi) is 3.87. The largest absolute Gasteiger partial charge is 0.258 e. The molecule has 0 atom stereocenters. The summed E-state index contributed by atoms with van der Waals surface area (Å²) in [7, 11) is 0. The fourth-order valence-corrected chi connectivity index (χ4v) is 1.41. The van der Waals surface area contributed by atoms with Crippen LogP contribution in [-0.2, 0) is 6.42 Å². The summed E-state index contributed by atoms with van der Waals surface area (Å²) in [5, 5.41) is 0. The zero-order chi connectivity index (χ0) is 9.68. The number of aromatic nitrogens is 2. The van der Waals surface area contributed by atoms with Gasteiger partial charge in [-0.3, -0.25) is 9.97 Å². The number of nitrogens with zero attached hydrogens (tertiary/aromatic N) is 2. The third-order valence-corrected chi connectivity index (χ3v) is 2.19. The van der Waals surface area contributed by atoms with Gasteiger partial charge in [0.15, 0.2) is 0 Å². The van der Waals surface area contributed by atoms with Crippen molar-refractivity contribution >= 4 is 0 Å². The van der Waals surface area contributed by atoms with Crippen molar-refractivity contribution in [3.63, 3.8) is 0 Å². The van der Waals surface area contributed by atoms with Crippen LogP contribution in [0.2, 0.25) is 0 Å². The van der Waals surface area contributed by atoms with Crippen molar-refractivity contribution in [2.75, 3.05) is 0 Å². The van der Waals surface area contributed by atoms with E-state index in [0.29, 0.717) is 0 Å². The van der Waals surface area contributed by atoms with Gasteiger partial charge < -0.3 is 0 Å². The van der Waals surface area contributed by atoms with Crippen LogP contribution in [-0.4, -0.2) is 9.97 Å². The lowest BCUT2D eigenvalue weighted by Gasteiger charge is -2.03. The van der Waals surface area contributed by atoms with Gasteiger partial charge in [-0.05, 0) is 26.7 Å². The lowest BCUT2D eigenvalue weighted by Crippen LogP contribution is -1.98. The van der Waals surface area contributed by atoms with E-state index in [1.165, 1.54) is 25.0 Å². The number of unbranched alkanes of at least 4 members (excludes halogenated alkanes) is 2. The van der Waals surface area contributed by atoms with E-state index < -0.39 is 0 Å². The average Bonchev–Trinajstić information content (AvgIpc) is 2.09. The zero-order valence-electron chi connectivity index (χ0n) is 8.80. The first-order valence-electron chi connectivity index (χ1n) is 5.03. The highest BCUT2D eigenvalue weighted by atomic mass is 14.8. The van der Waals surface area contributed by atoms with Crippen LogP contribution in [0.4, 0.5) is 0 Å². The Morgan fingerprint density at radius 3 is 2.62 bits per heavy atom. The van der Waals surface area contributed by atoms with Crippen molar-refractivity contribution in [1.29, 1.82) is 0 Å². The van der Waals surface area contributed by atoms with Crippen molar-refractivity contribution in [3.05, 3.63) is 23.3 Å². The van der Waals surface area contributed by atoms with Crippen LogP contribution < -0.4 is 0 Å². The van der Waals surface area contributed by atoms with Crippen LogP contribution in [0.15, 0.2) is 6.20 Å². The number of aryl methyl sites for hydroxylation is 3. The van der Waals surface area contributed by atoms with Gasteiger partial charge in [-0.15, -0.1) is 0 Å². The topological polar surface area (TPSA) is 25.8 Å². The fraction of sp³-hybridized carbons (Fsp3) is 0.636. The molecule has 0 bridgehead atoms. The van der Waals surface area contributed by atoms with E-state index in [1.54, 1.807) is 0 Å². The molecular weight excluding hydrogens is 160 g/mol. The summed E-state index contributed by atoms with van der Waals surface area (Å²) in [6.45, 7) is 6.24. The molecule has 0 N–H and O–H groups in total. The predicted octanol–water partition coefficient (Wildman–Crippen LogP) is 2.83. The Balaban J connectivity index is 2.56. The van der Waals surface area contributed by atoms with Gasteiger partial charge in [0.2, 0.25) is 0 Å². The third kappa shape index (κ3) is 3.13. The molecule has 0 amide bonds. The highest BCUT2D eigenvalue weighted by Crippen LogP contribution is 2.07. The second-order valence-corrected chi connectivity index (χ2v) is 3.50. The maximum absolute atomic E-state index is 4.39. The van der Waals surface area contributed by atoms with Gasteiger partial charge >= 0.3 is 0 Å². The second kappa shape index (κ2) is 4.95. The molecule has 0 aliphatic heterocycles. The molecule has 1 aromatic heterocycles. The Bertz CT molecular complexity index is 269. The molecule has 0 fully saturated rings. The molecule has 1 heterocycles. The standard InChI is InChI=1S/C11H18N2/c1-4-5-6-7-11-10(3)13-9(2)8-12-11/h8H,4-7H2,1-3H3. The fourth-order valence-electron chi connectivity index (χ4n) is 1.41. The molecule has 0 radical (unpaired) electrons. The molecule has 72 valence electrons. The maximum Gasteiger partial charge on any atom is 0.0616 e. The molecule has 2 nitrogen and oxygen atoms in total. The molecule has 1 aromatic rings. The highest BCUT2D eigenvalue weighted by molar-refractivity contribution is 5.11. The van der Waals surface area contributed by atoms with Gasteiger partial charge in [0.05, 0.1) is 17.1 Å². The maximum atomic E-state index is 4.39. The SMILES string of the molecule is CCCCCc1ncc(C)nc1C. The minimum atomic E-state index is 1.01.